The molecule has 1 heterocycles. The number of piperidine rings is 1. The topological polar surface area (TPSA) is 39.7 Å². The third kappa shape index (κ3) is 6.51. The lowest BCUT2D eigenvalue weighted by molar-refractivity contribution is 0.187. The van der Waals surface area contributed by atoms with Gasteiger partial charge in [0, 0.05) is 43.7 Å². The lowest BCUT2D eigenvalue weighted by Gasteiger charge is -2.34. The Balaban J connectivity index is 1.74. The zero-order valence-electron chi connectivity index (χ0n) is 14.5. The molecule has 128 valence electrons. The summed E-state index contributed by atoms with van der Waals surface area (Å²) >= 11 is 3.46. The van der Waals surface area contributed by atoms with E-state index in [0.717, 1.165) is 22.9 Å². The van der Waals surface area contributed by atoms with Crippen LogP contribution in [0.15, 0.2) is 33.7 Å². The van der Waals surface area contributed by atoms with Crippen LogP contribution in [0.2, 0.25) is 0 Å². The van der Waals surface area contributed by atoms with E-state index in [1.165, 1.54) is 38.0 Å². The van der Waals surface area contributed by atoms with E-state index in [4.69, 9.17) is 0 Å². The summed E-state index contributed by atoms with van der Waals surface area (Å²) in [5.41, 5.74) is 1.25. The number of aliphatic imine (C=N–C) groups is 1. The van der Waals surface area contributed by atoms with E-state index in [1.54, 1.807) is 0 Å². The predicted octanol–water partition coefficient (Wildman–Crippen LogP) is 3.23. The summed E-state index contributed by atoms with van der Waals surface area (Å²) in [6, 6.07) is 8.90. The van der Waals surface area contributed by atoms with Crippen molar-refractivity contribution in [1.82, 2.24) is 15.5 Å². The molecule has 1 aromatic carbocycles. The second-order valence-corrected chi connectivity index (χ2v) is 7.58. The number of nitrogens with zero attached hydrogens (tertiary/aromatic N) is 2. The molecule has 0 radical (unpaired) electrons. The summed E-state index contributed by atoms with van der Waals surface area (Å²) in [5.74, 6) is 1.65. The normalized spacial score (nSPS) is 17.5. The van der Waals surface area contributed by atoms with Crippen LogP contribution in [0.25, 0.3) is 0 Å². The van der Waals surface area contributed by atoms with Gasteiger partial charge in [0.05, 0.1) is 0 Å². The lowest BCUT2D eigenvalue weighted by Crippen LogP contribution is -2.48. The molecule has 23 heavy (non-hydrogen) atoms. The summed E-state index contributed by atoms with van der Waals surface area (Å²) in [6.45, 7) is 8.94. The van der Waals surface area contributed by atoms with E-state index in [9.17, 15) is 0 Å². The van der Waals surface area contributed by atoms with Crippen molar-refractivity contribution in [3.63, 3.8) is 0 Å². The van der Waals surface area contributed by atoms with Crippen LogP contribution in [-0.2, 0) is 6.54 Å². The van der Waals surface area contributed by atoms with Gasteiger partial charge in [-0.05, 0) is 36.5 Å². The Morgan fingerprint density at radius 3 is 2.48 bits per heavy atom. The zero-order valence-corrected chi connectivity index (χ0v) is 16.1. The average molecular weight is 381 g/mol. The van der Waals surface area contributed by atoms with Crippen LogP contribution in [-0.4, -0.2) is 43.6 Å². The minimum Gasteiger partial charge on any atom is -0.354 e. The smallest absolute Gasteiger partial charge is 0.191 e. The van der Waals surface area contributed by atoms with E-state index in [2.05, 4.69) is 74.6 Å². The highest BCUT2D eigenvalue weighted by Gasteiger charge is 2.20. The molecule has 2 N–H and O–H groups in total. The van der Waals surface area contributed by atoms with Crippen molar-refractivity contribution in [2.24, 2.45) is 10.9 Å². The van der Waals surface area contributed by atoms with E-state index < -0.39 is 0 Å². The fraction of sp³-hybridized carbons (Fsp3) is 0.611. The third-order valence-electron chi connectivity index (χ3n) is 4.15. The Labute approximate surface area is 148 Å². The highest BCUT2D eigenvalue weighted by atomic mass is 79.9. The quantitative estimate of drug-likeness (QED) is 0.608. The molecule has 1 fully saturated rings. The van der Waals surface area contributed by atoms with Crippen molar-refractivity contribution < 1.29 is 0 Å². The number of nitrogens with one attached hydrogen (secondary N) is 2. The summed E-state index contributed by atoms with van der Waals surface area (Å²) in [7, 11) is 1.84. The van der Waals surface area contributed by atoms with Crippen molar-refractivity contribution in [1.29, 1.82) is 0 Å². The van der Waals surface area contributed by atoms with Crippen molar-refractivity contribution in [3.05, 3.63) is 34.3 Å². The van der Waals surface area contributed by atoms with Crippen molar-refractivity contribution >= 4 is 21.9 Å². The largest absolute Gasteiger partial charge is 0.354 e. The van der Waals surface area contributed by atoms with E-state index >= 15 is 0 Å². The second kappa shape index (κ2) is 9.28. The van der Waals surface area contributed by atoms with Gasteiger partial charge in [-0.1, -0.05) is 41.9 Å². The molecule has 1 aliphatic heterocycles. The molecule has 0 atom stereocenters. The molecule has 0 aromatic heterocycles. The molecule has 0 bridgehead atoms. The van der Waals surface area contributed by atoms with Crippen molar-refractivity contribution in [3.8, 4) is 0 Å². The monoisotopic (exact) mass is 380 g/mol. The molecule has 0 amide bonds. The Kier molecular flexibility index (Phi) is 7.37. The fourth-order valence-corrected chi connectivity index (χ4v) is 3.22. The zero-order chi connectivity index (χ0) is 16.7. The number of benzene rings is 1. The van der Waals surface area contributed by atoms with E-state index in [-0.39, 0.29) is 0 Å². The average Bonchev–Trinajstić information content (AvgIpc) is 2.54. The van der Waals surface area contributed by atoms with Crippen LogP contribution >= 0.6 is 15.9 Å². The van der Waals surface area contributed by atoms with Crippen LogP contribution in [0, 0.1) is 5.92 Å². The van der Waals surface area contributed by atoms with Crippen LogP contribution in [0.3, 0.4) is 0 Å². The number of guanidine groups is 1. The number of halogens is 1. The predicted molar refractivity (Wildman–Crippen MR) is 102 cm³/mol. The van der Waals surface area contributed by atoms with Gasteiger partial charge >= 0.3 is 0 Å². The Hall–Kier alpha value is -1.07. The van der Waals surface area contributed by atoms with Crippen LogP contribution in [0.1, 0.15) is 32.3 Å². The summed E-state index contributed by atoms with van der Waals surface area (Å²) in [6.07, 6.45) is 2.37. The highest BCUT2D eigenvalue weighted by molar-refractivity contribution is 9.10. The van der Waals surface area contributed by atoms with Crippen molar-refractivity contribution in [2.75, 3.05) is 26.7 Å². The Bertz CT molecular complexity index is 490. The Morgan fingerprint density at radius 1 is 1.26 bits per heavy atom. The van der Waals surface area contributed by atoms with Gasteiger partial charge < -0.3 is 15.5 Å². The van der Waals surface area contributed by atoms with Gasteiger partial charge in [0.1, 0.15) is 0 Å². The molecular weight excluding hydrogens is 352 g/mol. The summed E-state index contributed by atoms with van der Waals surface area (Å²) in [4.78, 5) is 6.92. The van der Waals surface area contributed by atoms with Crippen LogP contribution in [0.5, 0.6) is 0 Å². The first kappa shape index (κ1) is 18.3. The molecule has 5 heteroatoms. The molecule has 4 nitrogen and oxygen atoms in total. The summed E-state index contributed by atoms with van der Waals surface area (Å²) in [5, 5.41) is 6.97. The van der Waals surface area contributed by atoms with Gasteiger partial charge in [0.2, 0.25) is 0 Å². The first-order valence-corrected chi connectivity index (χ1v) is 9.30. The lowest BCUT2D eigenvalue weighted by atomic mass is 10.0. The van der Waals surface area contributed by atoms with Crippen molar-refractivity contribution in [2.45, 2.75) is 39.3 Å². The molecule has 0 spiro atoms. The molecule has 1 aromatic rings. The SMILES string of the molecule is CN=C(NCc1ccc(Br)cc1)NC1CCN(CC(C)C)CC1. The maximum Gasteiger partial charge on any atom is 0.191 e. The van der Waals surface area contributed by atoms with Gasteiger partial charge in [-0.2, -0.15) is 0 Å². The standard InChI is InChI=1S/C18H29BrN4/c1-14(2)13-23-10-8-17(9-11-23)22-18(20-3)21-12-15-4-6-16(19)7-5-15/h4-7,14,17H,8-13H2,1-3H3,(H2,20,21,22). The minimum absolute atomic E-state index is 0.523. The van der Waals surface area contributed by atoms with Crippen LogP contribution in [0.4, 0.5) is 0 Å². The maximum atomic E-state index is 4.35. The van der Waals surface area contributed by atoms with E-state index in [0.29, 0.717) is 6.04 Å². The molecule has 1 saturated heterocycles. The van der Waals surface area contributed by atoms with Crippen LogP contribution < -0.4 is 10.6 Å². The third-order valence-corrected chi connectivity index (χ3v) is 4.68. The van der Waals surface area contributed by atoms with E-state index in [1.807, 2.05) is 7.05 Å². The van der Waals surface area contributed by atoms with Gasteiger partial charge in [0.15, 0.2) is 5.96 Å². The highest BCUT2D eigenvalue weighted by Crippen LogP contribution is 2.12. The molecule has 0 unspecified atom stereocenters. The molecule has 2 rings (SSSR count). The first-order valence-electron chi connectivity index (χ1n) is 8.51. The van der Waals surface area contributed by atoms with Gasteiger partial charge in [-0.15, -0.1) is 0 Å². The molecule has 0 saturated carbocycles. The number of likely N-dealkylation sites (tertiary alicyclic amines) is 1. The number of rotatable bonds is 5. The van der Waals surface area contributed by atoms with Gasteiger partial charge in [0.25, 0.3) is 0 Å². The fourth-order valence-electron chi connectivity index (χ4n) is 2.95. The molecular formula is C18H29BrN4. The van der Waals surface area contributed by atoms with Gasteiger partial charge in [-0.25, -0.2) is 0 Å². The number of hydrogen-bond acceptors (Lipinski definition) is 2. The minimum atomic E-state index is 0.523. The first-order chi connectivity index (χ1) is 11.1. The van der Waals surface area contributed by atoms with Gasteiger partial charge in [-0.3, -0.25) is 4.99 Å². The summed E-state index contributed by atoms with van der Waals surface area (Å²) < 4.78 is 1.11. The second-order valence-electron chi connectivity index (χ2n) is 6.67. The molecule has 1 aliphatic rings. The number of hydrogen-bond donors (Lipinski definition) is 2. The maximum absolute atomic E-state index is 4.35. The molecule has 0 aliphatic carbocycles. The Morgan fingerprint density at radius 2 is 1.91 bits per heavy atom.